The van der Waals surface area contributed by atoms with Crippen molar-refractivity contribution in [2.75, 3.05) is 0 Å². The topological polar surface area (TPSA) is 99.4 Å². The molecule has 0 radical (unpaired) electrons. The summed E-state index contributed by atoms with van der Waals surface area (Å²) in [5.74, 6) is 0.453. The third-order valence-electron chi connectivity index (χ3n) is 4.98. The highest BCUT2D eigenvalue weighted by Crippen LogP contribution is 2.31. The molecule has 0 saturated heterocycles. The number of pyridine rings is 1. The number of nitrogens with zero attached hydrogens (tertiary/aromatic N) is 4. The zero-order valence-electron chi connectivity index (χ0n) is 16.9. The number of hydrogen-bond acceptors (Lipinski definition) is 7. The zero-order valence-corrected chi connectivity index (χ0v) is 16.9. The molecule has 0 aliphatic heterocycles. The number of aliphatic hydroxyl groups is 1. The van der Waals surface area contributed by atoms with E-state index in [9.17, 15) is 9.90 Å². The Bertz CT molecular complexity index is 834. The fourth-order valence-electron chi connectivity index (χ4n) is 3.53. The Kier molecular flexibility index (Phi) is 6.28. The van der Waals surface area contributed by atoms with Gasteiger partial charge in [0.15, 0.2) is 0 Å². The average Bonchev–Trinajstić information content (AvgIpc) is 3.03. The Hall–Kier alpha value is -2.48. The van der Waals surface area contributed by atoms with Gasteiger partial charge in [0.05, 0.1) is 41.8 Å². The molecule has 8 heteroatoms. The molecule has 1 unspecified atom stereocenters. The molecule has 1 aliphatic rings. The summed E-state index contributed by atoms with van der Waals surface area (Å²) >= 11 is 0. The van der Waals surface area contributed by atoms with Crippen LogP contribution in [0.5, 0.6) is 5.75 Å². The van der Waals surface area contributed by atoms with E-state index in [-0.39, 0.29) is 30.7 Å². The van der Waals surface area contributed by atoms with Crippen molar-refractivity contribution < 1.29 is 19.4 Å². The minimum Gasteiger partial charge on any atom is -0.489 e. The summed E-state index contributed by atoms with van der Waals surface area (Å²) < 4.78 is 13.1. The van der Waals surface area contributed by atoms with E-state index in [1.807, 2.05) is 32.9 Å². The van der Waals surface area contributed by atoms with Crippen LogP contribution in [0, 0.1) is 12.8 Å². The first-order valence-electron chi connectivity index (χ1n) is 9.73. The highest BCUT2D eigenvalue weighted by molar-refractivity contribution is 5.72. The van der Waals surface area contributed by atoms with Crippen LogP contribution >= 0.6 is 0 Å². The molecule has 8 nitrogen and oxygen atoms in total. The van der Waals surface area contributed by atoms with Gasteiger partial charge in [0.2, 0.25) is 0 Å². The van der Waals surface area contributed by atoms with E-state index < -0.39 is 0 Å². The first-order valence-corrected chi connectivity index (χ1v) is 9.73. The molecule has 0 amide bonds. The number of ether oxygens (including phenoxy) is 2. The van der Waals surface area contributed by atoms with Crippen molar-refractivity contribution >= 4 is 5.97 Å². The van der Waals surface area contributed by atoms with Gasteiger partial charge in [-0.15, -0.1) is 5.10 Å². The van der Waals surface area contributed by atoms with Crippen LogP contribution in [0.3, 0.4) is 0 Å². The van der Waals surface area contributed by atoms with Gasteiger partial charge in [-0.05, 0) is 58.6 Å². The maximum absolute atomic E-state index is 12.2. The lowest BCUT2D eigenvalue weighted by molar-refractivity contribution is -0.154. The Morgan fingerprint density at radius 1 is 1.36 bits per heavy atom. The van der Waals surface area contributed by atoms with E-state index in [2.05, 4.69) is 15.3 Å². The van der Waals surface area contributed by atoms with Gasteiger partial charge in [-0.25, -0.2) is 9.67 Å². The van der Waals surface area contributed by atoms with Crippen molar-refractivity contribution in [3.8, 4) is 17.1 Å². The number of aliphatic hydroxyl groups excluding tert-OH is 1. The maximum atomic E-state index is 12.2. The summed E-state index contributed by atoms with van der Waals surface area (Å²) in [5.41, 5.74) is 2.55. The highest BCUT2D eigenvalue weighted by Gasteiger charge is 2.30. The third-order valence-corrected chi connectivity index (χ3v) is 4.98. The van der Waals surface area contributed by atoms with Gasteiger partial charge in [-0.3, -0.25) is 4.79 Å². The third kappa shape index (κ3) is 4.49. The molecular formula is C20H28N4O4. The highest BCUT2D eigenvalue weighted by atomic mass is 16.5. The fourth-order valence-corrected chi connectivity index (χ4v) is 3.53. The van der Waals surface area contributed by atoms with Crippen LogP contribution in [-0.2, 0) is 23.2 Å². The van der Waals surface area contributed by atoms with Crippen molar-refractivity contribution in [2.24, 2.45) is 13.0 Å². The van der Waals surface area contributed by atoms with Crippen LogP contribution in [0.25, 0.3) is 11.4 Å². The van der Waals surface area contributed by atoms with E-state index >= 15 is 0 Å². The second-order valence-electron chi connectivity index (χ2n) is 7.54. The Morgan fingerprint density at radius 3 is 2.82 bits per heavy atom. The van der Waals surface area contributed by atoms with Crippen LogP contribution in [0.2, 0.25) is 0 Å². The number of hydrogen-bond donors (Lipinski definition) is 1. The van der Waals surface area contributed by atoms with Crippen molar-refractivity contribution in [3.05, 3.63) is 23.5 Å². The second kappa shape index (κ2) is 8.68. The molecule has 28 heavy (non-hydrogen) atoms. The Labute approximate surface area is 164 Å². The van der Waals surface area contributed by atoms with Crippen LogP contribution < -0.4 is 4.74 Å². The molecule has 1 fully saturated rings. The maximum Gasteiger partial charge on any atom is 0.309 e. The van der Waals surface area contributed by atoms with E-state index in [0.29, 0.717) is 29.3 Å². The predicted molar refractivity (Wildman–Crippen MR) is 102 cm³/mol. The van der Waals surface area contributed by atoms with Gasteiger partial charge in [0.1, 0.15) is 11.4 Å². The predicted octanol–water partition coefficient (Wildman–Crippen LogP) is 2.57. The van der Waals surface area contributed by atoms with Gasteiger partial charge in [-0.1, -0.05) is 5.21 Å². The summed E-state index contributed by atoms with van der Waals surface area (Å²) in [6, 6.07) is 3.68. The van der Waals surface area contributed by atoms with Crippen molar-refractivity contribution in [1.82, 2.24) is 20.0 Å². The number of aromatic nitrogens is 4. The molecule has 3 rings (SSSR count). The monoisotopic (exact) mass is 388 g/mol. The lowest BCUT2D eigenvalue weighted by Crippen LogP contribution is -2.31. The normalized spacial score (nSPS) is 19.6. The largest absolute Gasteiger partial charge is 0.489 e. The molecule has 0 aromatic carbocycles. The standard InChI is InChI=1S/C20H28N4O4/c1-12(2)27-20(26)14-6-5-7-15(10-14)28-18-9-8-16(21-13(18)3)19-17(11-25)24(4)23-22-19/h8-9,12,14-15,25H,5-7,10-11H2,1-4H3/t14?,15-/m0/s1. The van der Waals surface area contributed by atoms with Crippen LogP contribution in [0.15, 0.2) is 12.1 Å². The molecule has 1 N–H and O–H groups in total. The molecule has 2 aromatic heterocycles. The summed E-state index contributed by atoms with van der Waals surface area (Å²) in [4.78, 5) is 16.8. The van der Waals surface area contributed by atoms with Gasteiger partial charge in [-0.2, -0.15) is 0 Å². The minimum atomic E-state index is -0.159. The van der Waals surface area contributed by atoms with Crippen LogP contribution in [0.1, 0.15) is 50.9 Å². The first-order chi connectivity index (χ1) is 13.4. The quantitative estimate of drug-likeness (QED) is 0.759. The van der Waals surface area contributed by atoms with Gasteiger partial charge < -0.3 is 14.6 Å². The van der Waals surface area contributed by atoms with Crippen molar-refractivity contribution in [2.45, 2.75) is 65.3 Å². The number of carbonyl (C=O) groups excluding carboxylic acids is 1. The average molecular weight is 388 g/mol. The number of aryl methyl sites for hydroxylation is 2. The molecule has 1 aliphatic carbocycles. The summed E-state index contributed by atoms with van der Waals surface area (Å²) in [7, 11) is 1.73. The first kappa shape index (κ1) is 20.3. The Morgan fingerprint density at radius 2 is 2.14 bits per heavy atom. The molecule has 152 valence electrons. The molecule has 2 aromatic rings. The fraction of sp³-hybridized carbons (Fsp3) is 0.600. The van der Waals surface area contributed by atoms with E-state index in [0.717, 1.165) is 25.0 Å². The summed E-state index contributed by atoms with van der Waals surface area (Å²) in [6.45, 7) is 5.45. The number of rotatable bonds is 6. The molecule has 0 spiro atoms. The lowest BCUT2D eigenvalue weighted by atomic mass is 9.87. The molecule has 0 bridgehead atoms. The smallest absolute Gasteiger partial charge is 0.309 e. The van der Waals surface area contributed by atoms with E-state index in [1.54, 1.807) is 7.05 Å². The minimum absolute atomic E-state index is 0.0330. The lowest BCUT2D eigenvalue weighted by Gasteiger charge is -2.29. The molecule has 1 saturated carbocycles. The molecule has 2 heterocycles. The van der Waals surface area contributed by atoms with Crippen LogP contribution in [0.4, 0.5) is 0 Å². The van der Waals surface area contributed by atoms with Crippen molar-refractivity contribution in [3.63, 3.8) is 0 Å². The molecular weight excluding hydrogens is 360 g/mol. The van der Waals surface area contributed by atoms with E-state index in [1.165, 1.54) is 4.68 Å². The molecule has 2 atom stereocenters. The number of carbonyl (C=O) groups is 1. The van der Waals surface area contributed by atoms with Crippen molar-refractivity contribution in [1.29, 1.82) is 0 Å². The van der Waals surface area contributed by atoms with Gasteiger partial charge in [0.25, 0.3) is 0 Å². The van der Waals surface area contributed by atoms with Crippen LogP contribution in [-0.4, -0.2) is 43.3 Å². The SMILES string of the molecule is Cc1nc(-c2nnn(C)c2CO)ccc1O[C@H]1CCCC(C(=O)OC(C)C)C1. The Balaban J connectivity index is 1.70. The summed E-state index contributed by atoms with van der Waals surface area (Å²) in [6.07, 6.45) is 3.22. The van der Waals surface area contributed by atoms with Gasteiger partial charge >= 0.3 is 5.97 Å². The second-order valence-corrected chi connectivity index (χ2v) is 7.54. The van der Waals surface area contributed by atoms with E-state index in [4.69, 9.17) is 9.47 Å². The number of esters is 1. The van der Waals surface area contributed by atoms with Gasteiger partial charge in [0, 0.05) is 7.05 Å². The zero-order chi connectivity index (χ0) is 20.3. The summed E-state index contributed by atoms with van der Waals surface area (Å²) in [5, 5.41) is 17.6.